The number of carbonyl (C=O) groups is 4. The fourth-order valence-corrected chi connectivity index (χ4v) is 3.22. The van der Waals surface area contributed by atoms with Crippen molar-refractivity contribution < 1.29 is 19.2 Å². The molecule has 0 aliphatic carbocycles. The van der Waals surface area contributed by atoms with Crippen LogP contribution in [0.2, 0.25) is 0 Å². The summed E-state index contributed by atoms with van der Waals surface area (Å²) < 4.78 is 0. The Labute approximate surface area is 170 Å². The fourth-order valence-electron chi connectivity index (χ4n) is 3.22. The lowest BCUT2D eigenvalue weighted by Gasteiger charge is -2.14. The Hall–Kier alpha value is -4.27. The number of hydrogen-bond acceptors (Lipinski definition) is 6. The third kappa shape index (κ3) is 3.44. The van der Waals surface area contributed by atoms with Gasteiger partial charge in [0.2, 0.25) is 11.8 Å². The second kappa shape index (κ2) is 7.63. The second-order valence-corrected chi connectivity index (χ2v) is 6.68. The van der Waals surface area contributed by atoms with E-state index >= 15 is 0 Å². The zero-order valence-electron chi connectivity index (χ0n) is 15.7. The molecule has 0 saturated carbocycles. The monoisotopic (exact) mass is 403 g/mol. The van der Waals surface area contributed by atoms with Crippen molar-refractivity contribution in [3.05, 3.63) is 65.9 Å². The van der Waals surface area contributed by atoms with Crippen molar-refractivity contribution in [2.24, 2.45) is 0 Å². The number of aromatic nitrogens is 1. The van der Waals surface area contributed by atoms with Crippen molar-refractivity contribution in [2.45, 2.75) is 12.8 Å². The van der Waals surface area contributed by atoms with E-state index in [1.165, 1.54) is 30.5 Å². The third-order valence-electron chi connectivity index (χ3n) is 4.79. The summed E-state index contributed by atoms with van der Waals surface area (Å²) >= 11 is 0. The highest BCUT2D eigenvalue weighted by Gasteiger charge is 2.30. The molecule has 4 N–H and O–H groups in total. The van der Waals surface area contributed by atoms with E-state index < -0.39 is 11.8 Å². The van der Waals surface area contributed by atoms with Gasteiger partial charge in [-0.3, -0.25) is 39.9 Å². The lowest BCUT2D eigenvalue weighted by Crippen LogP contribution is -2.42. The number of pyridine rings is 1. The molecule has 4 rings (SSSR count). The molecule has 9 heteroatoms. The lowest BCUT2D eigenvalue weighted by atomic mass is 10.1. The maximum Gasteiger partial charge on any atom is 0.273 e. The van der Waals surface area contributed by atoms with Crippen LogP contribution < -0.4 is 21.5 Å². The number of nitrogens with zero attached hydrogens (tertiary/aromatic N) is 2. The van der Waals surface area contributed by atoms with Crippen molar-refractivity contribution in [3.63, 3.8) is 0 Å². The average Bonchev–Trinajstić information content (AvgIpc) is 3.10. The first-order valence-corrected chi connectivity index (χ1v) is 9.15. The summed E-state index contributed by atoms with van der Waals surface area (Å²) in [7, 11) is 0. The molecule has 0 radical (unpaired) electrons. The molecule has 1 saturated heterocycles. The highest BCUT2D eigenvalue weighted by molar-refractivity contribution is 6.19. The predicted molar refractivity (Wildman–Crippen MR) is 109 cm³/mol. The number of para-hydroxylation sites is 1. The average molecular weight is 403 g/mol. The molecule has 2 heterocycles. The van der Waals surface area contributed by atoms with E-state index in [2.05, 4.69) is 15.8 Å². The van der Waals surface area contributed by atoms with Crippen LogP contribution >= 0.6 is 0 Å². The van der Waals surface area contributed by atoms with Gasteiger partial charge in [-0.1, -0.05) is 18.2 Å². The molecule has 1 aliphatic rings. The SMILES string of the molecule is Nc1c(C(=O)NNC(=O)c2ccc(N3C(=O)CCC3=O)cc2)cnc2ccccc12. The van der Waals surface area contributed by atoms with Gasteiger partial charge in [0.05, 0.1) is 22.5 Å². The van der Waals surface area contributed by atoms with Crippen LogP contribution in [0.4, 0.5) is 11.4 Å². The van der Waals surface area contributed by atoms with Gasteiger partial charge in [-0.05, 0) is 30.3 Å². The molecule has 0 bridgehead atoms. The largest absolute Gasteiger partial charge is 0.397 e. The highest BCUT2D eigenvalue weighted by atomic mass is 16.2. The number of imide groups is 1. The Balaban J connectivity index is 1.43. The zero-order valence-corrected chi connectivity index (χ0v) is 15.7. The molecule has 9 nitrogen and oxygen atoms in total. The minimum absolute atomic E-state index is 0.135. The first-order chi connectivity index (χ1) is 14.5. The second-order valence-electron chi connectivity index (χ2n) is 6.68. The zero-order chi connectivity index (χ0) is 21.3. The fraction of sp³-hybridized carbons (Fsp3) is 0.0952. The topological polar surface area (TPSA) is 134 Å². The number of nitrogens with one attached hydrogen (secondary N) is 2. The van der Waals surface area contributed by atoms with Crippen LogP contribution in [0.5, 0.6) is 0 Å². The number of carbonyl (C=O) groups excluding carboxylic acids is 4. The number of hydrogen-bond donors (Lipinski definition) is 3. The van der Waals surface area contributed by atoms with Gasteiger partial charge >= 0.3 is 0 Å². The van der Waals surface area contributed by atoms with E-state index in [-0.39, 0.29) is 41.5 Å². The summed E-state index contributed by atoms with van der Waals surface area (Å²) in [6, 6.07) is 13.1. The summed E-state index contributed by atoms with van der Waals surface area (Å²) in [5, 5.41) is 0.637. The van der Waals surface area contributed by atoms with Crippen molar-refractivity contribution >= 4 is 45.9 Å². The number of nitrogen functional groups attached to an aromatic ring is 1. The molecule has 1 aliphatic heterocycles. The summed E-state index contributed by atoms with van der Waals surface area (Å²) in [5.41, 5.74) is 12.4. The summed E-state index contributed by atoms with van der Waals surface area (Å²) in [4.78, 5) is 53.6. The Morgan fingerprint density at radius 3 is 2.23 bits per heavy atom. The molecular weight excluding hydrogens is 386 g/mol. The Morgan fingerprint density at radius 2 is 1.53 bits per heavy atom. The molecular formula is C21H17N5O4. The molecule has 3 aromatic rings. The van der Waals surface area contributed by atoms with E-state index in [0.717, 1.165) is 4.90 Å². The van der Waals surface area contributed by atoms with E-state index in [1.807, 2.05) is 6.07 Å². The van der Waals surface area contributed by atoms with Gasteiger partial charge in [0.1, 0.15) is 0 Å². The number of benzene rings is 2. The molecule has 0 spiro atoms. The van der Waals surface area contributed by atoms with Gasteiger partial charge < -0.3 is 5.73 Å². The van der Waals surface area contributed by atoms with Crippen LogP contribution in [-0.2, 0) is 9.59 Å². The number of amides is 4. The molecule has 4 amide bonds. The number of rotatable bonds is 3. The van der Waals surface area contributed by atoms with Crippen LogP contribution in [0.1, 0.15) is 33.6 Å². The quantitative estimate of drug-likeness (QED) is 0.449. The minimum atomic E-state index is -0.607. The Morgan fingerprint density at radius 1 is 0.900 bits per heavy atom. The predicted octanol–water partition coefficient (Wildman–Crippen LogP) is 1.55. The van der Waals surface area contributed by atoms with Crippen molar-refractivity contribution in [1.29, 1.82) is 0 Å². The smallest absolute Gasteiger partial charge is 0.273 e. The van der Waals surface area contributed by atoms with Crippen LogP contribution in [0, 0.1) is 0 Å². The van der Waals surface area contributed by atoms with Crippen molar-refractivity contribution in [2.75, 3.05) is 10.6 Å². The molecule has 0 unspecified atom stereocenters. The molecule has 1 aromatic heterocycles. The number of hydrazine groups is 1. The first-order valence-electron chi connectivity index (χ1n) is 9.15. The standard InChI is InChI=1S/C21H17N5O4/c22-19-14-3-1-2-4-16(14)23-11-15(19)21(30)25-24-20(29)12-5-7-13(8-6-12)26-17(27)9-10-18(26)28/h1-8,11H,9-10H2,(H2,22,23)(H,24,29)(H,25,30). The van der Waals surface area contributed by atoms with Crippen molar-refractivity contribution in [1.82, 2.24) is 15.8 Å². The van der Waals surface area contributed by atoms with Gasteiger partial charge in [0.25, 0.3) is 11.8 Å². The van der Waals surface area contributed by atoms with Gasteiger partial charge in [0, 0.05) is 30.0 Å². The lowest BCUT2D eigenvalue weighted by molar-refractivity contribution is -0.121. The molecule has 0 atom stereocenters. The number of nitrogens with two attached hydrogens (primary N) is 1. The number of fused-ring (bicyclic) bond motifs is 1. The van der Waals surface area contributed by atoms with Crippen LogP contribution in [0.15, 0.2) is 54.7 Å². The first kappa shape index (κ1) is 19.1. The van der Waals surface area contributed by atoms with E-state index in [9.17, 15) is 19.2 Å². The minimum Gasteiger partial charge on any atom is -0.397 e. The summed E-state index contributed by atoms with van der Waals surface area (Å²) in [6.45, 7) is 0. The summed E-state index contributed by atoms with van der Waals surface area (Å²) in [6.07, 6.45) is 1.71. The maximum atomic E-state index is 12.4. The third-order valence-corrected chi connectivity index (χ3v) is 4.79. The Bertz CT molecular complexity index is 1170. The number of anilines is 2. The summed E-state index contributed by atoms with van der Waals surface area (Å²) in [5.74, 6) is -1.72. The van der Waals surface area contributed by atoms with E-state index in [1.54, 1.807) is 18.2 Å². The molecule has 2 aromatic carbocycles. The molecule has 150 valence electrons. The normalized spacial score (nSPS) is 13.5. The maximum absolute atomic E-state index is 12.4. The van der Waals surface area contributed by atoms with Gasteiger partial charge in [-0.2, -0.15) is 0 Å². The van der Waals surface area contributed by atoms with Crippen LogP contribution in [0.3, 0.4) is 0 Å². The Kier molecular flexibility index (Phi) is 4.85. The van der Waals surface area contributed by atoms with Gasteiger partial charge in [-0.25, -0.2) is 0 Å². The van der Waals surface area contributed by atoms with Crippen LogP contribution in [-0.4, -0.2) is 28.6 Å². The van der Waals surface area contributed by atoms with Crippen LogP contribution in [0.25, 0.3) is 10.9 Å². The molecule has 30 heavy (non-hydrogen) atoms. The highest BCUT2D eigenvalue weighted by Crippen LogP contribution is 2.23. The van der Waals surface area contributed by atoms with E-state index in [0.29, 0.717) is 16.6 Å². The van der Waals surface area contributed by atoms with Gasteiger partial charge in [0.15, 0.2) is 0 Å². The van der Waals surface area contributed by atoms with Gasteiger partial charge in [-0.15, -0.1) is 0 Å². The molecule has 1 fully saturated rings. The van der Waals surface area contributed by atoms with E-state index in [4.69, 9.17) is 5.73 Å². The van der Waals surface area contributed by atoms with Crippen molar-refractivity contribution in [3.8, 4) is 0 Å².